The van der Waals surface area contributed by atoms with Crippen LogP contribution in [0.5, 0.6) is 11.5 Å². The lowest BCUT2D eigenvalue weighted by Crippen LogP contribution is -2.11. The Balaban J connectivity index is 2.50. The van der Waals surface area contributed by atoms with Gasteiger partial charge in [0, 0.05) is 6.07 Å². The molecule has 0 saturated heterocycles. The molecule has 0 fully saturated rings. The van der Waals surface area contributed by atoms with Crippen molar-refractivity contribution in [3.05, 3.63) is 47.5 Å². The molecule has 3 N–H and O–H groups in total. The van der Waals surface area contributed by atoms with E-state index in [-0.39, 0.29) is 16.8 Å². The first-order valence-corrected chi connectivity index (χ1v) is 6.56. The van der Waals surface area contributed by atoms with Crippen LogP contribution in [0.4, 0.5) is 11.4 Å². The molecule has 120 valence electrons. The van der Waals surface area contributed by atoms with E-state index in [9.17, 15) is 14.7 Å². The molecular formula is C16H15NO6. The summed E-state index contributed by atoms with van der Waals surface area (Å²) in [6.07, 6.45) is 0. The van der Waals surface area contributed by atoms with Crippen molar-refractivity contribution < 1.29 is 29.3 Å². The smallest absolute Gasteiger partial charge is 0.338 e. The van der Waals surface area contributed by atoms with Crippen LogP contribution in [0.2, 0.25) is 0 Å². The lowest BCUT2D eigenvalue weighted by atomic mass is 10.0. The number of benzene rings is 2. The molecule has 0 heterocycles. The van der Waals surface area contributed by atoms with Crippen LogP contribution >= 0.6 is 0 Å². The maximum absolute atomic E-state index is 11.4. The summed E-state index contributed by atoms with van der Waals surface area (Å²) in [6.45, 7) is 0. The predicted molar refractivity (Wildman–Crippen MR) is 83.2 cm³/mol. The zero-order valence-electron chi connectivity index (χ0n) is 12.5. The van der Waals surface area contributed by atoms with Gasteiger partial charge in [0.2, 0.25) is 0 Å². The minimum atomic E-state index is -1.34. The van der Waals surface area contributed by atoms with E-state index in [1.165, 1.54) is 32.4 Å². The molecule has 23 heavy (non-hydrogen) atoms. The molecule has 0 spiro atoms. The third kappa shape index (κ3) is 3.34. The zero-order chi connectivity index (χ0) is 17.0. The number of carboxylic acid groups (broad SMARTS) is 2. The second-order valence-electron chi connectivity index (χ2n) is 4.53. The Kier molecular flexibility index (Phi) is 4.70. The zero-order valence-corrected chi connectivity index (χ0v) is 12.5. The second-order valence-corrected chi connectivity index (χ2v) is 4.53. The van der Waals surface area contributed by atoms with Gasteiger partial charge in [-0.05, 0) is 24.3 Å². The molecule has 7 heteroatoms. The summed E-state index contributed by atoms with van der Waals surface area (Å²) < 4.78 is 10.3. The number of rotatable bonds is 6. The molecule has 0 unspecified atom stereocenters. The van der Waals surface area contributed by atoms with Crippen molar-refractivity contribution in [2.24, 2.45) is 0 Å². The highest BCUT2D eigenvalue weighted by molar-refractivity contribution is 6.06. The monoisotopic (exact) mass is 317 g/mol. The van der Waals surface area contributed by atoms with Gasteiger partial charge in [-0.2, -0.15) is 0 Å². The minimum absolute atomic E-state index is 0.154. The summed E-state index contributed by atoms with van der Waals surface area (Å²) in [5.41, 5.74) is 0.0204. The summed E-state index contributed by atoms with van der Waals surface area (Å²) in [7, 11) is 2.98. The van der Waals surface area contributed by atoms with E-state index in [2.05, 4.69) is 5.32 Å². The summed E-state index contributed by atoms with van der Waals surface area (Å²) in [4.78, 5) is 22.6. The Morgan fingerprint density at radius 2 is 1.70 bits per heavy atom. The minimum Gasteiger partial charge on any atom is -0.497 e. The van der Waals surface area contributed by atoms with Gasteiger partial charge in [-0.15, -0.1) is 0 Å². The van der Waals surface area contributed by atoms with Crippen molar-refractivity contribution in [1.82, 2.24) is 0 Å². The molecule has 2 aromatic rings. The molecule has 0 radical (unpaired) electrons. The Morgan fingerprint density at radius 3 is 2.26 bits per heavy atom. The van der Waals surface area contributed by atoms with E-state index in [4.69, 9.17) is 14.6 Å². The Hall–Kier alpha value is -3.22. The van der Waals surface area contributed by atoms with E-state index in [1.54, 1.807) is 18.2 Å². The van der Waals surface area contributed by atoms with Gasteiger partial charge < -0.3 is 25.0 Å². The van der Waals surface area contributed by atoms with Crippen LogP contribution in [-0.4, -0.2) is 36.4 Å². The van der Waals surface area contributed by atoms with Gasteiger partial charge in [0.15, 0.2) is 0 Å². The molecule has 7 nitrogen and oxygen atoms in total. The Morgan fingerprint density at radius 1 is 0.957 bits per heavy atom. The second kappa shape index (κ2) is 6.69. The van der Waals surface area contributed by atoms with E-state index in [0.717, 1.165) is 0 Å². The lowest BCUT2D eigenvalue weighted by molar-refractivity contribution is 0.0652. The number of ether oxygens (including phenoxy) is 2. The number of aromatic carboxylic acids is 2. The normalized spacial score (nSPS) is 10.0. The maximum atomic E-state index is 11.4. The van der Waals surface area contributed by atoms with Gasteiger partial charge in [-0.25, -0.2) is 9.59 Å². The molecule has 0 amide bonds. The summed E-state index contributed by atoms with van der Waals surface area (Å²) in [6, 6.07) is 9.14. The Bertz CT molecular complexity index is 756. The quantitative estimate of drug-likeness (QED) is 0.752. The van der Waals surface area contributed by atoms with Gasteiger partial charge in [0.1, 0.15) is 11.5 Å². The van der Waals surface area contributed by atoms with Crippen molar-refractivity contribution in [3.63, 3.8) is 0 Å². The molecule has 0 aliphatic heterocycles. The van der Waals surface area contributed by atoms with Crippen LogP contribution in [0.15, 0.2) is 36.4 Å². The molecule has 0 bridgehead atoms. The standard InChI is InChI=1S/C16H15NO6/c1-22-9-6-7-11(13(8-9)23-2)17-12-5-3-4-10(15(18)19)14(12)16(20)21/h3-8,17H,1-2H3,(H,18,19)(H,20,21). The summed E-state index contributed by atoms with van der Waals surface area (Å²) in [5, 5.41) is 21.4. The molecule has 0 aliphatic carbocycles. The van der Waals surface area contributed by atoms with Crippen molar-refractivity contribution in [3.8, 4) is 11.5 Å². The lowest BCUT2D eigenvalue weighted by Gasteiger charge is -2.15. The number of anilines is 2. The average Bonchev–Trinajstić information content (AvgIpc) is 2.54. The van der Waals surface area contributed by atoms with Crippen LogP contribution in [0, 0.1) is 0 Å². The first-order valence-electron chi connectivity index (χ1n) is 6.56. The topological polar surface area (TPSA) is 105 Å². The van der Waals surface area contributed by atoms with Crippen molar-refractivity contribution in [1.29, 1.82) is 0 Å². The summed E-state index contributed by atoms with van der Waals surface area (Å²) in [5.74, 6) is -1.64. The SMILES string of the molecule is COc1ccc(Nc2cccc(C(=O)O)c2C(=O)O)c(OC)c1. The number of hydrogen-bond acceptors (Lipinski definition) is 5. The van der Waals surface area contributed by atoms with E-state index in [0.29, 0.717) is 17.2 Å². The van der Waals surface area contributed by atoms with Crippen molar-refractivity contribution >= 4 is 23.3 Å². The van der Waals surface area contributed by atoms with Crippen LogP contribution in [0.25, 0.3) is 0 Å². The highest BCUT2D eigenvalue weighted by Gasteiger charge is 2.20. The number of nitrogens with one attached hydrogen (secondary N) is 1. The number of methoxy groups -OCH3 is 2. The number of hydrogen-bond donors (Lipinski definition) is 3. The molecule has 0 atom stereocenters. The van der Waals surface area contributed by atoms with Gasteiger partial charge >= 0.3 is 11.9 Å². The van der Waals surface area contributed by atoms with Gasteiger partial charge in [-0.3, -0.25) is 0 Å². The maximum Gasteiger partial charge on any atom is 0.338 e. The Labute approximate surface area is 132 Å². The van der Waals surface area contributed by atoms with Crippen LogP contribution in [0.1, 0.15) is 20.7 Å². The highest BCUT2D eigenvalue weighted by atomic mass is 16.5. The molecule has 0 aromatic heterocycles. The van der Waals surface area contributed by atoms with Gasteiger partial charge in [-0.1, -0.05) is 6.07 Å². The molecule has 2 aromatic carbocycles. The molecular weight excluding hydrogens is 302 g/mol. The molecule has 2 rings (SSSR count). The number of carbonyl (C=O) groups is 2. The van der Waals surface area contributed by atoms with Crippen LogP contribution in [-0.2, 0) is 0 Å². The molecule has 0 saturated carbocycles. The van der Waals surface area contributed by atoms with Crippen LogP contribution in [0.3, 0.4) is 0 Å². The fraction of sp³-hybridized carbons (Fsp3) is 0.125. The molecule has 0 aliphatic rings. The highest BCUT2D eigenvalue weighted by Crippen LogP contribution is 2.33. The first-order chi connectivity index (χ1) is 11.0. The van der Waals surface area contributed by atoms with E-state index >= 15 is 0 Å². The van der Waals surface area contributed by atoms with E-state index in [1.807, 2.05) is 0 Å². The van der Waals surface area contributed by atoms with Crippen molar-refractivity contribution in [2.75, 3.05) is 19.5 Å². The fourth-order valence-electron chi connectivity index (χ4n) is 2.11. The van der Waals surface area contributed by atoms with E-state index < -0.39 is 11.9 Å². The number of carboxylic acids is 2. The van der Waals surface area contributed by atoms with Gasteiger partial charge in [0.25, 0.3) is 0 Å². The largest absolute Gasteiger partial charge is 0.497 e. The predicted octanol–water partition coefficient (Wildman–Crippen LogP) is 2.84. The first kappa shape index (κ1) is 16.2. The third-order valence-corrected chi connectivity index (χ3v) is 3.19. The van der Waals surface area contributed by atoms with Gasteiger partial charge in [0.05, 0.1) is 36.7 Å². The third-order valence-electron chi connectivity index (χ3n) is 3.19. The van der Waals surface area contributed by atoms with Crippen LogP contribution < -0.4 is 14.8 Å². The van der Waals surface area contributed by atoms with Crippen molar-refractivity contribution in [2.45, 2.75) is 0 Å². The fourth-order valence-corrected chi connectivity index (χ4v) is 2.11. The summed E-state index contributed by atoms with van der Waals surface area (Å²) >= 11 is 0. The average molecular weight is 317 g/mol.